The molecule has 3 aliphatic heterocycles. The monoisotopic (exact) mass is 509 g/mol. The van der Waals surface area contributed by atoms with E-state index in [1.165, 1.54) is 110 Å². The maximum absolute atomic E-state index is 3.41. The molecule has 0 saturated carbocycles. The van der Waals surface area contributed by atoms with E-state index in [-0.39, 0.29) is 0 Å². The Labute approximate surface area is 228 Å². The summed E-state index contributed by atoms with van der Waals surface area (Å²) < 4.78 is 0. The van der Waals surface area contributed by atoms with Crippen LogP contribution < -0.4 is 10.6 Å². The molecule has 0 unspecified atom stereocenters. The van der Waals surface area contributed by atoms with Crippen LogP contribution in [0.1, 0.15) is 114 Å². The summed E-state index contributed by atoms with van der Waals surface area (Å²) in [5, 5.41) is 6.81. The van der Waals surface area contributed by atoms with Crippen molar-refractivity contribution in [3.05, 3.63) is 0 Å². The van der Waals surface area contributed by atoms with Gasteiger partial charge in [0.25, 0.3) is 0 Å². The van der Waals surface area contributed by atoms with Gasteiger partial charge in [0.15, 0.2) is 0 Å². The first-order chi connectivity index (χ1) is 16.6. The molecule has 0 aromatic carbocycles. The minimum absolute atomic E-state index is 0.489. The van der Waals surface area contributed by atoms with Gasteiger partial charge in [0.05, 0.1) is 0 Å². The minimum atomic E-state index is 0.489. The summed E-state index contributed by atoms with van der Waals surface area (Å²) in [6.07, 6.45) is 11.1. The summed E-state index contributed by atoms with van der Waals surface area (Å²) in [6, 6.07) is 0. The summed E-state index contributed by atoms with van der Waals surface area (Å²) in [4.78, 5) is 5.00. The van der Waals surface area contributed by atoms with Crippen LogP contribution in [0.3, 0.4) is 0 Å². The number of rotatable bonds is 5. The van der Waals surface area contributed by atoms with E-state index < -0.39 is 0 Å². The molecule has 0 atom stereocenters. The Bertz CT molecular complexity index is 520. The van der Waals surface area contributed by atoms with Gasteiger partial charge in [-0.15, -0.1) is 0 Å². The standard InChI is InChI=1S/C11H24N2.C11H23N.C10H21N/c1-11(2,3)5-6-13-9-7-12(4)8-10-13;1-11(2,3)7-4-10-5-8-12-9-6-10;1-10(2,3)8-9-4-6-11-7-5-9/h5-10H2,1-4H3;10,12H,4-9H2,1-3H3;9,11H,4-8H2,1-3H3. The van der Waals surface area contributed by atoms with Crippen molar-refractivity contribution in [3.63, 3.8) is 0 Å². The third kappa shape index (κ3) is 19.9. The highest BCUT2D eigenvalue weighted by molar-refractivity contribution is 4.75. The van der Waals surface area contributed by atoms with E-state index in [9.17, 15) is 0 Å². The van der Waals surface area contributed by atoms with Crippen molar-refractivity contribution in [1.29, 1.82) is 0 Å². The molecule has 0 spiro atoms. The summed E-state index contributed by atoms with van der Waals surface area (Å²) >= 11 is 0. The number of hydrogen-bond donors (Lipinski definition) is 2. The van der Waals surface area contributed by atoms with Crippen molar-refractivity contribution in [2.24, 2.45) is 28.1 Å². The van der Waals surface area contributed by atoms with E-state index in [4.69, 9.17) is 0 Å². The highest BCUT2D eigenvalue weighted by Gasteiger charge is 2.20. The average molecular weight is 509 g/mol. The van der Waals surface area contributed by atoms with Crippen LogP contribution in [0.15, 0.2) is 0 Å². The van der Waals surface area contributed by atoms with Gasteiger partial charge in [0.2, 0.25) is 0 Å². The van der Waals surface area contributed by atoms with Crippen LogP contribution >= 0.6 is 0 Å². The van der Waals surface area contributed by atoms with E-state index in [1.54, 1.807) is 0 Å². The molecule has 3 heterocycles. The predicted molar refractivity (Wildman–Crippen MR) is 162 cm³/mol. The zero-order valence-electron chi connectivity index (χ0n) is 26.6. The molecule has 36 heavy (non-hydrogen) atoms. The van der Waals surface area contributed by atoms with Gasteiger partial charge >= 0.3 is 0 Å². The predicted octanol–water partition coefficient (Wildman–Crippen LogP) is 6.90. The first-order valence-electron chi connectivity index (χ1n) is 15.5. The van der Waals surface area contributed by atoms with Gasteiger partial charge in [-0.25, -0.2) is 0 Å². The molecule has 4 heteroatoms. The molecule has 0 bridgehead atoms. The Hall–Kier alpha value is -0.160. The Morgan fingerprint density at radius 1 is 0.583 bits per heavy atom. The van der Waals surface area contributed by atoms with Gasteiger partial charge in [-0.1, -0.05) is 62.3 Å². The molecular weight excluding hydrogens is 440 g/mol. The van der Waals surface area contributed by atoms with E-state index in [0.29, 0.717) is 16.2 Å². The number of nitrogens with one attached hydrogen (secondary N) is 2. The molecule has 0 amide bonds. The normalized spacial score (nSPS) is 21.8. The fourth-order valence-corrected chi connectivity index (χ4v) is 5.32. The highest BCUT2D eigenvalue weighted by atomic mass is 15.2. The lowest BCUT2D eigenvalue weighted by Gasteiger charge is -2.33. The lowest BCUT2D eigenvalue weighted by atomic mass is 9.81. The van der Waals surface area contributed by atoms with Crippen LogP contribution in [0.2, 0.25) is 0 Å². The quantitative estimate of drug-likeness (QED) is 0.423. The van der Waals surface area contributed by atoms with Crippen LogP contribution in [-0.2, 0) is 0 Å². The summed E-state index contributed by atoms with van der Waals surface area (Å²) in [6.45, 7) is 32.3. The SMILES string of the molecule is CC(C)(C)CC1CCNCC1.CC(C)(C)CCC1CCNCC1.CN1CCN(CCC(C)(C)C)CC1. The van der Waals surface area contributed by atoms with Crippen molar-refractivity contribution >= 4 is 0 Å². The van der Waals surface area contributed by atoms with Gasteiger partial charge in [-0.2, -0.15) is 0 Å². The lowest BCUT2D eigenvalue weighted by Crippen LogP contribution is -2.45. The maximum atomic E-state index is 3.41. The fraction of sp³-hybridized carbons (Fsp3) is 1.00. The Kier molecular flexibility index (Phi) is 15.7. The number of piperazine rings is 1. The Morgan fingerprint density at radius 3 is 1.44 bits per heavy atom. The molecule has 216 valence electrons. The molecular formula is C32H68N4. The first kappa shape index (κ1) is 33.9. The lowest BCUT2D eigenvalue weighted by molar-refractivity contribution is 0.139. The van der Waals surface area contributed by atoms with E-state index >= 15 is 0 Å². The largest absolute Gasteiger partial charge is 0.317 e. The summed E-state index contributed by atoms with van der Waals surface area (Å²) in [5.74, 6) is 1.99. The van der Waals surface area contributed by atoms with Crippen molar-refractivity contribution in [2.45, 2.75) is 114 Å². The highest BCUT2D eigenvalue weighted by Crippen LogP contribution is 2.29. The first-order valence-corrected chi connectivity index (χ1v) is 15.5. The van der Waals surface area contributed by atoms with Crippen molar-refractivity contribution < 1.29 is 0 Å². The van der Waals surface area contributed by atoms with Crippen molar-refractivity contribution in [2.75, 3.05) is 66.0 Å². The molecule has 4 nitrogen and oxygen atoms in total. The molecule has 2 N–H and O–H groups in total. The van der Waals surface area contributed by atoms with Crippen LogP contribution in [0.25, 0.3) is 0 Å². The number of piperidine rings is 2. The number of likely N-dealkylation sites (N-methyl/N-ethyl adjacent to an activating group) is 1. The second-order valence-electron chi connectivity index (χ2n) is 15.7. The third-order valence-electron chi connectivity index (χ3n) is 7.90. The van der Waals surface area contributed by atoms with E-state index in [1.807, 2.05) is 0 Å². The molecule has 3 aliphatic rings. The van der Waals surface area contributed by atoms with Crippen molar-refractivity contribution in [1.82, 2.24) is 20.4 Å². The Balaban J connectivity index is 0.000000271. The topological polar surface area (TPSA) is 30.5 Å². The minimum Gasteiger partial charge on any atom is -0.317 e. The second-order valence-corrected chi connectivity index (χ2v) is 15.7. The van der Waals surface area contributed by atoms with Gasteiger partial charge in [-0.05, 0) is 119 Å². The maximum Gasteiger partial charge on any atom is 0.0110 e. The van der Waals surface area contributed by atoms with Crippen LogP contribution in [0.4, 0.5) is 0 Å². The third-order valence-corrected chi connectivity index (χ3v) is 7.90. The van der Waals surface area contributed by atoms with Gasteiger partial charge in [0, 0.05) is 26.2 Å². The molecule has 3 rings (SSSR count). The van der Waals surface area contributed by atoms with Crippen LogP contribution in [0, 0.1) is 28.1 Å². The van der Waals surface area contributed by atoms with Gasteiger partial charge in [0.1, 0.15) is 0 Å². The number of hydrogen-bond acceptors (Lipinski definition) is 4. The van der Waals surface area contributed by atoms with Crippen LogP contribution in [0.5, 0.6) is 0 Å². The average Bonchev–Trinajstić information content (AvgIpc) is 2.78. The molecule has 3 saturated heterocycles. The number of nitrogens with zero attached hydrogens (tertiary/aromatic N) is 2. The van der Waals surface area contributed by atoms with E-state index in [0.717, 1.165) is 11.8 Å². The van der Waals surface area contributed by atoms with Crippen molar-refractivity contribution in [3.8, 4) is 0 Å². The molecule has 0 aromatic rings. The summed E-state index contributed by atoms with van der Waals surface area (Å²) in [7, 11) is 2.21. The molecule has 0 radical (unpaired) electrons. The molecule has 0 aliphatic carbocycles. The summed E-state index contributed by atoms with van der Waals surface area (Å²) in [5.41, 5.74) is 1.55. The smallest absolute Gasteiger partial charge is 0.0110 e. The molecule has 3 fully saturated rings. The zero-order chi connectivity index (χ0) is 27.2. The zero-order valence-corrected chi connectivity index (χ0v) is 26.6. The molecule has 0 aromatic heterocycles. The second kappa shape index (κ2) is 16.7. The van der Waals surface area contributed by atoms with Gasteiger partial charge < -0.3 is 20.4 Å². The van der Waals surface area contributed by atoms with E-state index in [2.05, 4.69) is 89.8 Å². The van der Waals surface area contributed by atoms with Crippen LogP contribution in [-0.4, -0.2) is 75.8 Å². The fourth-order valence-electron chi connectivity index (χ4n) is 5.32. The Morgan fingerprint density at radius 2 is 1.03 bits per heavy atom. The van der Waals surface area contributed by atoms with Gasteiger partial charge in [-0.3, -0.25) is 0 Å².